The fourth-order valence-electron chi connectivity index (χ4n) is 2.25. The molecule has 0 aliphatic rings. The molecule has 3 aromatic rings. The third-order valence-electron chi connectivity index (χ3n) is 3.32. The second-order valence-corrected chi connectivity index (χ2v) is 6.78. The molecule has 0 radical (unpaired) electrons. The van der Waals surface area contributed by atoms with E-state index in [4.69, 9.17) is 27.2 Å². The number of ether oxygens (including phenoxy) is 1. The number of aromatic nitrogens is 3. The summed E-state index contributed by atoms with van der Waals surface area (Å²) in [6.07, 6.45) is -4.77. The Balaban J connectivity index is 0.000000885. The lowest BCUT2D eigenvalue weighted by Gasteiger charge is -2.13. The van der Waals surface area contributed by atoms with Crippen LogP contribution in [0.15, 0.2) is 30.3 Å². The Morgan fingerprint density at radius 1 is 1.32 bits per heavy atom. The van der Waals surface area contributed by atoms with Gasteiger partial charge in [-0.05, 0) is 30.3 Å². The number of nitrogens with zero attached hydrogens (tertiary/aromatic N) is 3. The van der Waals surface area contributed by atoms with Crippen LogP contribution in [-0.2, 0) is 17.5 Å². The van der Waals surface area contributed by atoms with Gasteiger partial charge in [0.2, 0.25) is 0 Å². The minimum Gasteiger partial charge on any atom is -0.480 e. The standard InChI is InChI=1S/C15H8ClF4N3O3.C3H9N.CH4/c16-8-4-7(15(18,19)20)5-9(17)14(8)26-11-3-1-2-10-13(11)23(22-21-10)6-12(24)25;1-3(2)4;/h1-5H,6H2,(H,24,25);3H,4H2,1-2H3;1H4. The maximum atomic E-state index is 14.1. The Labute approximate surface area is 180 Å². The number of aliphatic carboxylic acids is 1. The van der Waals surface area contributed by atoms with Crippen LogP contribution in [0.5, 0.6) is 11.5 Å². The number of rotatable bonds is 4. The van der Waals surface area contributed by atoms with Crippen molar-refractivity contribution in [3.63, 3.8) is 0 Å². The lowest BCUT2D eigenvalue weighted by molar-refractivity contribution is -0.138. The minimum atomic E-state index is -4.77. The summed E-state index contributed by atoms with van der Waals surface area (Å²) in [5.74, 6) is -3.21. The van der Waals surface area contributed by atoms with Crippen molar-refractivity contribution in [1.29, 1.82) is 0 Å². The van der Waals surface area contributed by atoms with Gasteiger partial charge in [0, 0.05) is 0 Å². The first kappa shape index (κ1) is 26.1. The van der Waals surface area contributed by atoms with Crippen LogP contribution >= 0.6 is 11.6 Å². The van der Waals surface area contributed by atoms with Crippen molar-refractivity contribution in [2.75, 3.05) is 0 Å². The molecule has 170 valence electrons. The van der Waals surface area contributed by atoms with E-state index in [-0.39, 0.29) is 30.3 Å². The van der Waals surface area contributed by atoms with Gasteiger partial charge in [0.25, 0.3) is 0 Å². The quantitative estimate of drug-likeness (QED) is 0.520. The summed E-state index contributed by atoms with van der Waals surface area (Å²) in [6.45, 7) is 3.35. The number of hydrogen-bond donors (Lipinski definition) is 2. The maximum Gasteiger partial charge on any atom is 0.416 e. The summed E-state index contributed by atoms with van der Waals surface area (Å²) in [5.41, 5.74) is 4.24. The number of hydrogen-bond acceptors (Lipinski definition) is 5. The van der Waals surface area contributed by atoms with E-state index in [0.717, 1.165) is 4.68 Å². The molecular formula is C19H21ClF4N4O3. The van der Waals surface area contributed by atoms with E-state index < -0.39 is 40.8 Å². The van der Waals surface area contributed by atoms with Crippen molar-refractivity contribution in [1.82, 2.24) is 15.0 Å². The Morgan fingerprint density at radius 2 is 1.94 bits per heavy atom. The molecular weight excluding hydrogens is 444 g/mol. The van der Waals surface area contributed by atoms with E-state index in [9.17, 15) is 22.4 Å². The summed E-state index contributed by atoms with van der Waals surface area (Å²) >= 11 is 5.74. The lowest BCUT2D eigenvalue weighted by Crippen LogP contribution is -2.10. The van der Waals surface area contributed by atoms with E-state index in [1.165, 1.54) is 18.2 Å². The topological polar surface area (TPSA) is 103 Å². The smallest absolute Gasteiger partial charge is 0.416 e. The highest BCUT2D eigenvalue weighted by molar-refractivity contribution is 6.32. The predicted octanol–water partition coefficient (Wildman–Crippen LogP) is 5.11. The van der Waals surface area contributed by atoms with Crippen molar-refractivity contribution in [3.05, 3.63) is 46.7 Å². The molecule has 0 bridgehead atoms. The predicted molar refractivity (Wildman–Crippen MR) is 108 cm³/mol. The molecule has 0 saturated carbocycles. The van der Waals surface area contributed by atoms with Gasteiger partial charge in [0.15, 0.2) is 17.3 Å². The Hall–Kier alpha value is -2.92. The molecule has 0 saturated heterocycles. The van der Waals surface area contributed by atoms with E-state index >= 15 is 0 Å². The molecule has 0 aliphatic carbocycles. The fourth-order valence-corrected chi connectivity index (χ4v) is 2.50. The molecule has 2 aromatic carbocycles. The summed E-state index contributed by atoms with van der Waals surface area (Å²) < 4.78 is 58.6. The molecule has 0 fully saturated rings. The fraction of sp³-hybridized carbons (Fsp3) is 0.316. The van der Waals surface area contributed by atoms with Crippen LogP contribution in [0.1, 0.15) is 26.8 Å². The van der Waals surface area contributed by atoms with Gasteiger partial charge < -0.3 is 15.6 Å². The van der Waals surface area contributed by atoms with Crippen molar-refractivity contribution in [2.45, 2.75) is 40.0 Å². The third-order valence-corrected chi connectivity index (χ3v) is 3.60. The van der Waals surface area contributed by atoms with E-state index in [1.54, 1.807) is 0 Å². The van der Waals surface area contributed by atoms with Crippen LogP contribution in [-0.4, -0.2) is 32.1 Å². The zero-order valence-corrected chi connectivity index (χ0v) is 16.5. The number of carboxylic acids is 1. The molecule has 1 aromatic heterocycles. The van der Waals surface area contributed by atoms with Crippen molar-refractivity contribution >= 4 is 28.6 Å². The maximum absolute atomic E-state index is 14.1. The largest absolute Gasteiger partial charge is 0.480 e. The number of fused-ring (bicyclic) bond motifs is 1. The SMILES string of the molecule is C.CC(C)N.O=C(O)Cn1nnc2cccc(Oc3c(F)cc(C(F)(F)F)cc3Cl)c21. The van der Waals surface area contributed by atoms with Gasteiger partial charge in [0.05, 0.1) is 10.6 Å². The van der Waals surface area contributed by atoms with E-state index in [1.807, 2.05) is 13.8 Å². The van der Waals surface area contributed by atoms with Gasteiger partial charge in [-0.1, -0.05) is 44.2 Å². The average Bonchev–Trinajstić information content (AvgIpc) is 2.99. The Bertz CT molecular complexity index is 1030. The molecule has 0 amide bonds. The van der Waals surface area contributed by atoms with Gasteiger partial charge in [-0.25, -0.2) is 9.07 Å². The Kier molecular flexibility index (Phi) is 8.76. The molecule has 0 unspecified atom stereocenters. The number of alkyl halides is 3. The second-order valence-electron chi connectivity index (χ2n) is 6.38. The van der Waals surface area contributed by atoms with Crippen molar-refractivity contribution in [3.8, 4) is 11.5 Å². The van der Waals surface area contributed by atoms with Gasteiger partial charge in [0.1, 0.15) is 17.6 Å². The van der Waals surface area contributed by atoms with E-state index in [2.05, 4.69) is 10.3 Å². The van der Waals surface area contributed by atoms with Gasteiger partial charge in [-0.3, -0.25) is 4.79 Å². The Morgan fingerprint density at radius 3 is 2.45 bits per heavy atom. The number of para-hydroxylation sites is 1. The highest BCUT2D eigenvalue weighted by atomic mass is 35.5. The van der Waals surface area contributed by atoms with Gasteiger partial charge in [-0.2, -0.15) is 13.2 Å². The summed E-state index contributed by atoms with van der Waals surface area (Å²) in [5, 5.41) is 15.7. The lowest BCUT2D eigenvalue weighted by atomic mass is 10.2. The van der Waals surface area contributed by atoms with Crippen molar-refractivity contribution in [2.24, 2.45) is 5.73 Å². The van der Waals surface area contributed by atoms with Gasteiger partial charge >= 0.3 is 12.1 Å². The first-order valence-corrected chi connectivity index (χ1v) is 8.81. The number of carboxylic acid groups (broad SMARTS) is 1. The van der Waals surface area contributed by atoms with E-state index in [0.29, 0.717) is 12.1 Å². The first-order chi connectivity index (χ1) is 13.9. The van der Waals surface area contributed by atoms with Crippen LogP contribution in [0, 0.1) is 5.82 Å². The number of carbonyl (C=O) groups is 1. The highest BCUT2D eigenvalue weighted by Gasteiger charge is 2.33. The molecule has 0 spiro atoms. The summed E-state index contributed by atoms with van der Waals surface area (Å²) in [7, 11) is 0. The minimum absolute atomic E-state index is 0. The average molecular weight is 465 g/mol. The number of benzene rings is 2. The highest BCUT2D eigenvalue weighted by Crippen LogP contribution is 2.39. The molecule has 3 rings (SSSR count). The van der Waals surface area contributed by atoms with Crippen LogP contribution in [0.4, 0.5) is 17.6 Å². The van der Waals surface area contributed by atoms with Crippen LogP contribution in [0.3, 0.4) is 0 Å². The molecule has 12 heteroatoms. The molecule has 3 N–H and O–H groups in total. The first-order valence-electron chi connectivity index (χ1n) is 8.43. The van der Waals surface area contributed by atoms with Gasteiger partial charge in [-0.15, -0.1) is 5.10 Å². The monoisotopic (exact) mass is 464 g/mol. The van der Waals surface area contributed by atoms with Crippen molar-refractivity contribution < 1.29 is 32.2 Å². The zero-order chi connectivity index (χ0) is 22.6. The van der Waals surface area contributed by atoms with Crippen LogP contribution in [0.2, 0.25) is 5.02 Å². The number of nitrogens with two attached hydrogens (primary N) is 1. The normalized spacial score (nSPS) is 11.0. The molecule has 7 nitrogen and oxygen atoms in total. The van der Waals surface area contributed by atoms with Crippen LogP contribution in [0.25, 0.3) is 11.0 Å². The third kappa shape index (κ3) is 6.79. The van der Waals surface area contributed by atoms with Crippen LogP contribution < -0.4 is 10.5 Å². The molecule has 0 atom stereocenters. The summed E-state index contributed by atoms with van der Waals surface area (Å²) in [4.78, 5) is 10.9. The number of halogens is 5. The molecule has 31 heavy (non-hydrogen) atoms. The molecule has 0 aliphatic heterocycles. The zero-order valence-electron chi connectivity index (χ0n) is 15.7. The molecule has 1 heterocycles. The summed E-state index contributed by atoms with van der Waals surface area (Å²) in [6, 6.07) is 5.48. The second kappa shape index (κ2) is 10.4.